The quantitative estimate of drug-likeness (QED) is 0.701. The van der Waals surface area contributed by atoms with E-state index < -0.39 is 0 Å². The predicted octanol–water partition coefficient (Wildman–Crippen LogP) is 2.62. The summed E-state index contributed by atoms with van der Waals surface area (Å²) in [5.41, 5.74) is 0. The zero-order valence-electron chi connectivity index (χ0n) is 10.8. The summed E-state index contributed by atoms with van der Waals surface area (Å²) < 4.78 is 0. The minimum absolute atomic E-state index is 0.0387. The topological polar surface area (TPSA) is 41.1 Å². The summed E-state index contributed by atoms with van der Waals surface area (Å²) >= 11 is 0. The van der Waals surface area contributed by atoms with E-state index in [1.54, 1.807) is 0 Å². The van der Waals surface area contributed by atoms with Crippen LogP contribution < -0.4 is 10.6 Å². The lowest BCUT2D eigenvalue weighted by Gasteiger charge is -2.25. The molecule has 0 saturated heterocycles. The van der Waals surface area contributed by atoms with E-state index in [2.05, 4.69) is 38.3 Å². The van der Waals surface area contributed by atoms with E-state index in [9.17, 15) is 4.79 Å². The van der Waals surface area contributed by atoms with Crippen molar-refractivity contribution >= 4 is 6.03 Å². The first kappa shape index (κ1) is 14.3. The van der Waals surface area contributed by atoms with Crippen molar-refractivity contribution in [2.45, 2.75) is 41.0 Å². The number of carbonyl (C=O) groups excluding carboxylic acids is 1. The third-order valence-electron chi connectivity index (χ3n) is 2.75. The SMILES string of the molecule is CCCNC(=O)NCC(C(C)C)C(C)C. The number of carbonyl (C=O) groups is 1. The Morgan fingerprint density at radius 1 is 1.07 bits per heavy atom. The van der Waals surface area contributed by atoms with Gasteiger partial charge in [0.05, 0.1) is 0 Å². The van der Waals surface area contributed by atoms with Crippen molar-refractivity contribution in [3.05, 3.63) is 0 Å². The zero-order chi connectivity index (χ0) is 11.8. The summed E-state index contributed by atoms with van der Waals surface area (Å²) in [6.07, 6.45) is 0.977. The molecule has 3 heteroatoms. The third-order valence-corrected chi connectivity index (χ3v) is 2.75. The molecular weight excluding hydrogens is 188 g/mol. The van der Waals surface area contributed by atoms with E-state index in [0.29, 0.717) is 17.8 Å². The summed E-state index contributed by atoms with van der Waals surface area (Å²) in [4.78, 5) is 11.3. The highest BCUT2D eigenvalue weighted by Gasteiger charge is 2.17. The van der Waals surface area contributed by atoms with Gasteiger partial charge in [-0.05, 0) is 24.2 Å². The van der Waals surface area contributed by atoms with Crippen molar-refractivity contribution in [1.82, 2.24) is 10.6 Å². The number of urea groups is 1. The molecule has 0 radical (unpaired) electrons. The van der Waals surface area contributed by atoms with E-state index >= 15 is 0 Å². The molecule has 0 aromatic carbocycles. The second kappa shape index (κ2) is 7.55. The van der Waals surface area contributed by atoms with Crippen LogP contribution in [0.5, 0.6) is 0 Å². The van der Waals surface area contributed by atoms with Crippen molar-refractivity contribution in [2.75, 3.05) is 13.1 Å². The van der Waals surface area contributed by atoms with Crippen molar-refractivity contribution in [3.63, 3.8) is 0 Å². The van der Waals surface area contributed by atoms with Crippen LogP contribution in [0.2, 0.25) is 0 Å². The highest BCUT2D eigenvalue weighted by molar-refractivity contribution is 5.73. The summed E-state index contributed by atoms with van der Waals surface area (Å²) in [6, 6.07) is -0.0387. The average Bonchev–Trinajstić information content (AvgIpc) is 2.13. The fourth-order valence-corrected chi connectivity index (χ4v) is 1.75. The lowest BCUT2D eigenvalue weighted by Crippen LogP contribution is -2.40. The second-order valence-electron chi connectivity index (χ2n) is 4.79. The first-order valence-electron chi connectivity index (χ1n) is 6.00. The van der Waals surface area contributed by atoms with Gasteiger partial charge in [0, 0.05) is 13.1 Å². The van der Waals surface area contributed by atoms with Gasteiger partial charge in [-0.2, -0.15) is 0 Å². The highest BCUT2D eigenvalue weighted by atomic mass is 16.2. The van der Waals surface area contributed by atoms with Gasteiger partial charge in [-0.15, -0.1) is 0 Å². The van der Waals surface area contributed by atoms with Crippen LogP contribution in [0, 0.1) is 17.8 Å². The van der Waals surface area contributed by atoms with E-state index in [1.807, 2.05) is 6.92 Å². The molecule has 2 amide bonds. The van der Waals surface area contributed by atoms with Gasteiger partial charge in [0.2, 0.25) is 0 Å². The van der Waals surface area contributed by atoms with Gasteiger partial charge < -0.3 is 10.6 Å². The molecule has 0 aliphatic carbocycles. The standard InChI is InChI=1S/C12H26N2O/c1-6-7-13-12(15)14-8-11(9(2)3)10(4)5/h9-11H,6-8H2,1-5H3,(H2,13,14,15). The molecule has 0 unspecified atom stereocenters. The van der Waals surface area contributed by atoms with Crippen LogP contribution >= 0.6 is 0 Å². The minimum atomic E-state index is -0.0387. The molecule has 0 fully saturated rings. The summed E-state index contributed by atoms with van der Waals surface area (Å²) in [5, 5.41) is 5.75. The van der Waals surface area contributed by atoms with Crippen LogP contribution in [0.15, 0.2) is 0 Å². The Kier molecular flexibility index (Phi) is 7.18. The van der Waals surface area contributed by atoms with Crippen LogP contribution in [-0.4, -0.2) is 19.1 Å². The maximum Gasteiger partial charge on any atom is 0.314 e. The second-order valence-corrected chi connectivity index (χ2v) is 4.79. The monoisotopic (exact) mass is 214 g/mol. The average molecular weight is 214 g/mol. The number of hydrogen-bond donors (Lipinski definition) is 2. The maximum absolute atomic E-state index is 11.3. The Labute approximate surface area is 94.0 Å². The van der Waals surface area contributed by atoms with E-state index in [-0.39, 0.29) is 6.03 Å². The molecule has 90 valence electrons. The smallest absolute Gasteiger partial charge is 0.314 e. The van der Waals surface area contributed by atoms with E-state index in [1.165, 1.54) is 0 Å². The van der Waals surface area contributed by atoms with Gasteiger partial charge in [0.25, 0.3) is 0 Å². The van der Waals surface area contributed by atoms with Gasteiger partial charge in [-0.25, -0.2) is 4.79 Å². The summed E-state index contributed by atoms with van der Waals surface area (Å²) in [7, 11) is 0. The van der Waals surface area contributed by atoms with Gasteiger partial charge in [0.1, 0.15) is 0 Å². The molecule has 0 aromatic rings. The molecule has 0 bridgehead atoms. The van der Waals surface area contributed by atoms with Crippen molar-refractivity contribution in [2.24, 2.45) is 17.8 Å². The van der Waals surface area contributed by atoms with Crippen LogP contribution in [0.3, 0.4) is 0 Å². The molecule has 0 rings (SSSR count). The number of nitrogens with one attached hydrogen (secondary N) is 2. The number of hydrogen-bond acceptors (Lipinski definition) is 1. The highest BCUT2D eigenvalue weighted by Crippen LogP contribution is 2.19. The van der Waals surface area contributed by atoms with E-state index in [4.69, 9.17) is 0 Å². The van der Waals surface area contributed by atoms with Crippen molar-refractivity contribution in [3.8, 4) is 0 Å². The molecule has 0 aliphatic heterocycles. The van der Waals surface area contributed by atoms with Gasteiger partial charge in [-0.1, -0.05) is 34.6 Å². The first-order valence-corrected chi connectivity index (χ1v) is 6.00. The zero-order valence-corrected chi connectivity index (χ0v) is 10.8. The van der Waals surface area contributed by atoms with Crippen molar-refractivity contribution < 1.29 is 4.79 Å². The Morgan fingerprint density at radius 2 is 1.60 bits per heavy atom. The van der Waals surface area contributed by atoms with Crippen LogP contribution in [-0.2, 0) is 0 Å². The lowest BCUT2D eigenvalue weighted by atomic mass is 9.85. The van der Waals surface area contributed by atoms with E-state index in [0.717, 1.165) is 19.5 Å². The number of amides is 2. The molecule has 15 heavy (non-hydrogen) atoms. The number of rotatable bonds is 6. The fourth-order valence-electron chi connectivity index (χ4n) is 1.75. The molecule has 3 nitrogen and oxygen atoms in total. The van der Waals surface area contributed by atoms with Gasteiger partial charge >= 0.3 is 6.03 Å². The Hall–Kier alpha value is -0.730. The molecule has 0 spiro atoms. The lowest BCUT2D eigenvalue weighted by molar-refractivity contribution is 0.229. The van der Waals surface area contributed by atoms with Crippen molar-refractivity contribution in [1.29, 1.82) is 0 Å². The Balaban J connectivity index is 3.84. The molecule has 0 aliphatic rings. The van der Waals surface area contributed by atoms with Crippen LogP contribution in [0.4, 0.5) is 4.79 Å². The normalized spacial score (nSPS) is 11.2. The Bertz CT molecular complexity index is 170. The predicted molar refractivity (Wildman–Crippen MR) is 64.9 cm³/mol. The molecule has 0 saturated carbocycles. The molecule has 0 aromatic heterocycles. The van der Waals surface area contributed by atoms with Crippen LogP contribution in [0.1, 0.15) is 41.0 Å². The molecule has 0 heterocycles. The largest absolute Gasteiger partial charge is 0.338 e. The third kappa shape index (κ3) is 6.37. The minimum Gasteiger partial charge on any atom is -0.338 e. The first-order chi connectivity index (χ1) is 6.99. The molecule has 0 atom stereocenters. The molecular formula is C12H26N2O. The summed E-state index contributed by atoms with van der Waals surface area (Å²) in [5.74, 6) is 1.77. The maximum atomic E-state index is 11.3. The van der Waals surface area contributed by atoms with Gasteiger partial charge in [0.15, 0.2) is 0 Å². The van der Waals surface area contributed by atoms with Crippen LogP contribution in [0.25, 0.3) is 0 Å². The Morgan fingerprint density at radius 3 is 2.00 bits per heavy atom. The summed E-state index contributed by atoms with van der Waals surface area (Å²) in [6.45, 7) is 12.4. The molecule has 2 N–H and O–H groups in total. The van der Waals surface area contributed by atoms with Gasteiger partial charge in [-0.3, -0.25) is 0 Å². The fraction of sp³-hybridized carbons (Fsp3) is 0.917.